The van der Waals surface area contributed by atoms with Gasteiger partial charge in [-0.3, -0.25) is 4.79 Å². The summed E-state index contributed by atoms with van der Waals surface area (Å²) in [6.45, 7) is 2.19. The Balaban J connectivity index is 2.23. The van der Waals surface area contributed by atoms with Gasteiger partial charge in [0.25, 0.3) is 0 Å². The van der Waals surface area contributed by atoms with Gasteiger partial charge in [0.05, 0.1) is 6.61 Å². The van der Waals surface area contributed by atoms with Gasteiger partial charge in [-0.1, -0.05) is 41.9 Å². The highest BCUT2D eigenvalue weighted by Gasteiger charge is 2.23. The van der Waals surface area contributed by atoms with Crippen molar-refractivity contribution in [2.24, 2.45) is 0 Å². The second-order valence-corrected chi connectivity index (χ2v) is 5.73. The van der Waals surface area contributed by atoms with Crippen LogP contribution in [0.3, 0.4) is 0 Å². The van der Waals surface area contributed by atoms with Crippen molar-refractivity contribution in [2.75, 3.05) is 6.61 Å². The number of carbonyl (C=O) groups excluding carboxylic acids is 1. The topological polar surface area (TPSA) is 26.3 Å². The van der Waals surface area contributed by atoms with E-state index in [1.807, 2.05) is 61.5 Å². The summed E-state index contributed by atoms with van der Waals surface area (Å²) < 4.78 is 5.17. The zero-order valence-corrected chi connectivity index (χ0v) is 12.7. The predicted octanol–water partition coefficient (Wildman–Crippen LogP) is 4.74. The van der Waals surface area contributed by atoms with Gasteiger partial charge in [-0.25, -0.2) is 0 Å². The lowest BCUT2D eigenvalue weighted by Crippen LogP contribution is -2.13. The second kappa shape index (κ2) is 7.36. The lowest BCUT2D eigenvalue weighted by atomic mass is 10.1. The number of hydrogen-bond acceptors (Lipinski definition) is 3. The molecule has 2 rings (SSSR count). The number of ether oxygens (including phenoxy) is 1. The Kier molecular flexibility index (Phi) is 5.50. The van der Waals surface area contributed by atoms with E-state index < -0.39 is 0 Å². The number of halogens is 1. The molecule has 2 aromatic carbocycles. The fraction of sp³-hybridized carbons (Fsp3) is 0.188. The summed E-state index contributed by atoms with van der Waals surface area (Å²) in [4.78, 5) is 13.1. The van der Waals surface area contributed by atoms with Gasteiger partial charge in [-0.05, 0) is 36.8 Å². The molecule has 0 radical (unpaired) electrons. The molecule has 0 saturated heterocycles. The monoisotopic (exact) mass is 306 g/mol. The summed E-state index contributed by atoms with van der Waals surface area (Å²) in [6, 6.07) is 17.1. The summed E-state index contributed by atoms with van der Waals surface area (Å²) in [5.74, 6) is -0.223. The van der Waals surface area contributed by atoms with E-state index in [1.165, 1.54) is 11.8 Å². The van der Waals surface area contributed by atoms with Crippen LogP contribution in [0.1, 0.15) is 17.7 Å². The van der Waals surface area contributed by atoms with Crippen molar-refractivity contribution in [3.8, 4) is 0 Å². The van der Waals surface area contributed by atoms with E-state index in [4.69, 9.17) is 16.3 Å². The molecule has 104 valence electrons. The summed E-state index contributed by atoms with van der Waals surface area (Å²) in [5.41, 5.74) is 0.936. The van der Waals surface area contributed by atoms with Gasteiger partial charge in [-0.15, -0.1) is 11.8 Å². The molecule has 0 aromatic heterocycles. The van der Waals surface area contributed by atoms with E-state index in [1.54, 1.807) is 0 Å². The van der Waals surface area contributed by atoms with Crippen molar-refractivity contribution in [2.45, 2.75) is 17.1 Å². The minimum absolute atomic E-state index is 0.223. The minimum Gasteiger partial charge on any atom is -0.465 e. The zero-order valence-electron chi connectivity index (χ0n) is 11.1. The van der Waals surface area contributed by atoms with E-state index in [-0.39, 0.29) is 11.2 Å². The van der Waals surface area contributed by atoms with Gasteiger partial charge < -0.3 is 4.74 Å². The molecule has 0 fully saturated rings. The van der Waals surface area contributed by atoms with Crippen LogP contribution in [0, 0.1) is 0 Å². The van der Waals surface area contributed by atoms with Gasteiger partial charge >= 0.3 is 5.97 Å². The van der Waals surface area contributed by atoms with Gasteiger partial charge in [0.2, 0.25) is 0 Å². The van der Waals surface area contributed by atoms with Crippen LogP contribution < -0.4 is 0 Å². The third kappa shape index (κ3) is 4.02. The first-order chi connectivity index (χ1) is 9.70. The van der Waals surface area contributed by atoms with Crippen LogP contribution in [0.5, 0.6) is 0 Å². The van der Waals surface area contributed by atoms with E-state index >= 15 is 0 Å². The molecule has 0 aliphatic rings. The molecule has 0 amide bonds. The highest BCUT2D eigenvalue weighted by atomic mass is 35.5. The molecule has 0 spiro atoms. The highest BCUT2D eigenvalue weighted by molar-refractivity contribution is 8.00. The predicted molar refractivity (Wildman–Crippen MR) is 83.1 cm³/mol. The van der Waals surface area contributed by atoms with Gasteiger partial charge in [0.1, 0.15) is 5.25 Å². The Morgan fingerprint density at radius 3 is 2.40 bits per heavy atom. The Labute approximate surface area is 128 Å². The smallest absolute Gasteiger partial charge is 0.323 e. The Morgan fingerprint density at radius 2 is 1.80 bits per heavy atom. The molecule has 1 unspecified atom stereocenters. The number of thioether (sulfide) groups is 1. The summed E-state index contributed by atoms with van der Waals surface area (Å²) in [6.07, 6.45) is 0. The van der Waals surface area contributed by atoms with Crippen LogP contribution in [0.2, 0.25) is 5.02 Å². The first kappa shape index (κ1) is 14.9. The standard InChI is InChI=1S/C16H15ClO2S/c1-2-19-16(18)15(12-6-4-3-5-7-12)20-14-10-8-13(17)9-11-14/h3-11,15H,2H2,1H3. The zero-order chi connectivity index (χ0) is 14.4. The number of hydrogen-bond donors (Lipinski definition) is 0. The molecule has 0 aliphatic heterocycles. The van der Waals surface area contributed by atoms with Gasteiger partial charge in [-0.2, -0.15) is 0 Å². The summed E-state index contributed by atoms with van der Waals surface area (Å²) >= 11 is 7.34. The first-order valence-electron chi connectivity index (χ1n) is 6.34. The molecular weight excluding hydrogens is 292 g/mol. The fourth-order valence-corrected chi connectivity index (χ4v) is 2.90. The van der Waals surface area contributed by atoms with Gasteiger partial charge in [0, 0.05) is 9.92 Å². The number of esters is 1. The van der Waals surface area contributed by atoms with E-state index in [9.17, 15) is 4.79 Å². The fourth-order valence-electron chi connectivity index (χ4n) is 1.75. The van der Waals surface area contributed by atoms with Crippen molar-refractivity contribution in [1.82, 2.24) is 0 Å². The average Bonchev–Trinajstić information content (AvgIpc) is 2.48. The molecule has 1 atom stereocenters. The number of carbonyl (C=O) groups is 1. The average molecular weight is 307 g/mol. The quantitative estimate of drug-likeness (QED) is 0.590. The second-order valence-electron chi connectivity index (χ2n) is 4.11. The Bertz CT molecular complexity index is 554. The maximum absolute atomic E-state index is 12.1. The normalized spacial score (nSPS) is 11.9. The number of rotatable bonds is 5. The summed E-state index contributed by atoms with van der Waals surface area (Å²) in [5, 5.41) is 0.319. The molecule has 0 aliphatic carbocycles. The third-order valence-electron chi connectivity index (χ3n) is 2.67. The molecular formula is C16H15ClO2S. The Morgan fingerprint density at radius 1 is 1.15 bits per heavy atom. The van der Waals surface area contributed by atoms with Gasteiger partial charge in [0.15, 0.2) is 0 Å². The van der Waals surface area contributed by atoms with Crippen molar-refractivity contribution in [3.63, 3.8) is 0 Å². The van der Waals surface area contributed by atoms with Crippen LogP contribution in [0.15, 0.2) is 59.5 Å². The molecule has 0 saturated carbocycles. The summed E-state index contributed by atoms with van der Waals surface area (Å²) in [7, 11) is 0. The highest BCUT2D eigenvalue weighted by Crippen LogP contribution is 2.36. The molecule has 0 N–H and O–H groups in total. The largest absolute Gasteiger partial charge is 0.465 e. The lowest BCUT2D eigenvalue weighted by Gasteiger charge is -2.15. The van der Waals surface area contributed by atoms with E-state index in [2.05, 4.69) is 0 Å². The van der Waals surface area contributed by atoms with Crippen LogP contribution in [-0.4, -0.2) is 12.6 Å². The molecule has 0 bridgehead atoms. The molecule has 20 heavy (non-hydrogen) atoms. The molecule has 4 heteroatoms. The SMILES string of the molecule is CCOC(=O)C(Sc1ccc(Cl)cc1)c1ccccc1. The van der Waals surface area contributed by atoms with E-state index in [0.717, 1.165) is 10.5 Å². The van der Waals surface area contributed by atoms with Crippen LogP contribution in [0.4, 0.5) is 0 Å². The first-order valence-corrected chi connectivity index (χ1v) is 7.60. The van der Waals surface area contributed by atoms with Crippen molar-refractivity contribution in [3.05, 3.63) is 65.2 Å². The Hall–Kier alpha value is -1.45. The van der Waals surface area contributed by atoms with Crippen molar-refractivity contribution in [1.29, 1.82) is 0 Å². The lowest BCUT2D eigenvalue weighted by molar-refractivity contribution is -0.142. The third-order valence-corrected chi connectivity index (χ3v) is 4.17. The number of benzene rings is 2. The van der Waals surface area contributed by atoms with Crippen LogP contribution in [-0.2, 0) is 9.53 Å². The maximum Gasteiger partial charge on any atom is 0.323 e. The molecule has 2 aromatic rings. The van der Waals surface area contributed by atoms with Crippen LogP contribution >= 0.6 is 23.4 Å². The van der Waals surface area contributed by atoms with Crippen molar-refractivity contribution >= 4 is 29.3 Å². The molecule has 0 heterocycles. The minimum atomic E-state index is -0.364. The van der Waals surface area contributed by atoms with E-state index in [0.29, 0.717) is 11.6 Å². The van der Waals surface area contributed by atoms with Crippen molar-refractivity contribution < 1.29 is 9.53 Å². The van der Waals surface area contributed by atoms with Crippen LogP contribution in [0.25, 0.3) is 0 Å². The maximum atomic E-state index is 12.1. The molecule has 2 nitrogen and oxygen atoms in total.